The van der Waals surface area contributed by atoms with Crippen molar-refractivity contribution in [2.75, 3.05) is 12.0 Å². The first kappa shape index (κ1) is 23.0. The number of hydrogen-bond acceptors (Lipinski definition) is 5. The van der Waals surface area contributed by atoms with Gasteiger partial charge in [-0.3, -0.25) is 14.4 Å². The predicted octanol–water partition coefficient (Wildman–Crippen LogP) is 5.51. The lowest BCUT2D eigenvalue weighted by Gasteiger charge is -2.35. The third-order valence-electron chi connectivity index (χ3n) is 7.23. The Balaban J connectivity index is 1.49. The van der Waals surface area contributed by atoms with Crippen LogP contribution in [-0.4, -0.2) is 35.6 Å². The minimum absolute atomic E-state index is 0.228. The molecule has 3 aliphatic heterocycles. The number of anilines is 1. The quantitative estimate of drug-likeness (QED) is 0.309. The second-order valence-electron chi connectivity index (χ2n) is 9.04. The van der Waals surface area contributed by atoms with Crippen molar-refractivity contribution in [3.8, 4) is 5.75 Å². The molecule has 2 fully saturated rings. The van der Waals surface area contributed by atoms with Gasteiger partial charge in [0.2, 0.25) is 11.8 Å². The van der Waals surface area contributed by atoms with Gasteiger partial charge in [0.25, 0.3) is 0 Å². The van der Waals surface area contributed by atoms with Gasteiger partial charge in [-0.1, -0.05) is 41.9 Å². The van der Waals surface area contributed by atoms with Crippen molar-refractivity contribution in [1.82, 2.24) is 4.90 Å². The molecule has 3 aliphatic rings. The monoisotopic (exact) mass is 562 g/mol. The summed E-state index contributed by atoms with van der Waals surface area (Å²) in [5.74, 6) is -1.89. The number of hydrogen-bond donors (Lipinski definition) is 0. The molecule has 4 unspecified atom stereocenters. The average Bonchev–Trinajstić information content (AvgIpc) is 3.36. The molecule has 4 atom stereocenters. The van der Waals surface area contributed by atoms with Crippen molar-refractivity contribution in [2.45, 2.75) is 12.1 Å². The van der Waals surface area contributed by atoms with Gasteiger partial charge in [-0.25, -0.2) is 4.90 Å². The number of benzene rings is 3. The largest absolute Gasteiger partial charge is 0.496 e. The molecule has 0 bridgehead atoms. The van der Waals surface area contributed by atoms with E-state index in [1.807, 2.05) is 41.4 Å². The zero-order valence-electron chi connectivity index (χ0n) is 19.1. The molecule has 3 heterocycles. The smallest absolute Gasteiger partial charge is 0.240 e. The molecule has 6 rings (SSSR count). The number of halogens is 2. The Kier molecular flexibility index (Phi) is 5.50. The van der Waals surface area contributed by atoms with Crippen molar-refractivity contribution in [3.63, 3.8) is 0 Å². The highest BCUT2D eigenvalue weighted by atomic mass is 79.9. The molecule has 2 saturated heterocycles. The van der Waals surface area contributed by atoms with Crippen LogP contribution in [0.5, 0.6) is 5.75 Å². The highest BCUT2D eigenvalue weighted by Gasteiger charge is 2.64. The van der Waals surface area contributed by atoms with Crippen molar-refractivity contribution >= 4 is 56.9 Å². The molecule has 3 aromatic carbocycles. The second-order valence-corrected chi connectivity index (χ2v) is 10.3. The zero-order chi connectivity index (χ0) is 25.1. The highest BCUT2D eigenvalue weighted by Crippen LogP contribution is 2.53. The summed E-state index contributed by atoms with van der Waals surface area (Å²) >= 11 is 9.63. The molecule has 0 aromatic heterocycles. The van der Waals surface area contributed by atoms with E-state index in [2.05, 4.69) is 15.9 Å². The average molecular weight is 564 g/mol. The number of carbonyl (C=O) groups is 3. The van der Waals surface area contributed by atoms with Gasteiger partial charge in [0.15, 0.2) is 5.78 Å². The summed E-state index contributed by atoms with van der Waals surface area (Å²) in [6.07, 6.45) is 3.78. The van der Waals surface area contributed by atoms with E-state index in [1.165, 1.54) is 4.90 Å². The molecule has 0 spiro atoms. The van der Waals surface area contributed by atoms with Crippen LogP contribution in [0.1, 0.15) is 27.5 Å². The van der Waals surface area contributed by atoms with Gasteiger partial charge >= 0.3 is 0 Å². The van der Waals surface area contributed by atoms with Crippen LogP contribution in [0.15, 0.2) is 77.4 Å². The van der Waals surface area contributed by atoms with Crippen molar-refractivity contribution in [2.24, 2.45) is 11.8 Å². The first-order chi connectivity index (χ1) is 17.4. The summed E-state index contributed by atoms with van der Waals surface area (Å²) in [4.78, 5) is 44.9. The van der Waals surface area contributed by atoms with E-state index >= 15 is 0 Å². The van der Waals surface area contributed by atoms with Crippen LogP contribution in [-0.2, 0) is 9.59 Å². The third kappa shape index (κ3) is 3.33. The molecule has 6 nitrogen and oxygen atoms in total. The molecule has 180 valence electrons. The van der Waals surface area contributed by atoms with Crippen molar-refractivity contribution in [1.29, 1.82) is 0 Å². The Morgan fingerprint density at radius 3 is 2.50 bits per heavy atom. The number of methoxy groups -OCH3 is 1. The van der Waals surface area contributed by atoms with E-state index in [0.717, 1.165) is 11.1 Å². The number of fused-ring (bicyclic) bond motifs is 5. The number of carbonyl (C=O) groups excluding carboxylic acids is 3. The fraction of sp³-hybridized carbons (Fsp3) is 0.179. The van der Waals surface area contributed by atoms with E-state index in [1.54, 1.807) is 49.6 Å². The molecular formula is C28H20BrClN2O4. The van der Waals surface area contributed by atoms with Gasteiger partial charge in [0.05, 0.1) is 35.1 Å². The number of amides is 2. The van der Waals surface area contributed by atoms with Crippen LogP contribution >= 0.6 is 27.5 Å². The zero-order valence-corrected chi connectivity index (χ0v) is 21.4. The number of ether oxygens (including phenoxy) is 1. The van der Waals surface area contributed by atoms with E-state index in [0.29, 0.717) is 26.5 Å². The Morgan fingerprint density at radius 2 is 1.75 bits per heavy atom. The lowest BCUT2D eigenvalue weighted by atomic mass is 9.83. The van der Waals surface area contributed by atoms with Gasteiger partial charge in [0.1, 0.15) is 11.8 Å². The van der Waals surface area contributed by atoms with Gasteiger partial charge in [-0.15, -0.1) is 0 Å². The molecule has 0 N–H and O–H groups in total. The minimum atomic E-state index is -0.842. The normalized spacial score (nSPS) is 24.0. The molecule has 0 radical (unpaired) electrons. The van der Waals surface area contributed by atoms with Crippen LogP contribution in [0.2, 0.25) is 5.02 Å². The lowest BCUT2D eigenvalue weighted by molar-refractivity contribution is -0.123. The van der Waals surface area contributed by atoms with Gasteiger partial charge in [-0.05, 0) is 69.5 Å². The Hall–Kier alpha value is -3.42. The summed E-state index contributed by atoms with van der Waals surface area (Å²) < 4.78 is 5.94. The standard InChI is InChI=1S/C28H20BrClN2O4/c1-36-21-10-9-16(13-20(21)29)26(33)25-23-22(24-19-8-3-2-5-15(19)11-12-31(24)25)27(34)32(28(23)35)18-7-4-6-17(30)14-18/h2-14,22-25H,1H3. The van der Waals surface area contributed by atoms with E-state index in [9.17, 15) is 14.4 Å². The maximum atomic E-state index is 14.0. The number of nitrogens with zero attached hydrogens (tertiary/aromatic N) is 2. The van der Waals surface area contributed by atoms with Crippen LogP contribution in [0.25, 0.3) is 6.08 Å². The maximum absolute atomic E-state index is 14.0. The minimum Gasteiger partial charge on any atom is -0.496 e. The fourth-order valence-corrected chi connectivity index (χ4v) is 6.44. The number of Topliss-reactive ketones (excluding diaryl/α,β-unsaturated/α-hetero) is 1. The molecule has 8 heteroatoms. The molecule has 3 aromatic rings. The Labute approximate surface area is 221 Å². The first-order valence-electron chi connectivity index (χ1n) is 11.5. The third-order valence-corrected chi connectivity index (χ3v) is 8.09. The van der Waals surface area contributed by atoms with Crippen LogP contribution in [0.4, 0.5) is 5.69 Å². The number of rotatable bonds is 4. The summed E-state index contributed by atoms with van der Waals surface area (Å²) in [6, 6.07) is 18.3. The molecule has 0 aliphatic carbocycles. The Bertz CT molecular complexity index is 1470. The van der Waals surface area contributed by atoms with E-state index in [-0.39, 0.29) is 11.7 Å². The summed E-state index contributed by atoms with van der Waals surface area (Å²) in [5, 5.41) is 0.424. The second kappa shape index (κ2) is 8.61. The first-order valence-corrected chi connectivity index (χ1v) is 12.6. The van der Waals surface area contributed by atoms with Crippen molar-refractivity contribution in [3.05, 3.63) is 99.1 Å². The molecular weight excluding hydrogens is 544 g/mol. The van der Waals surface area contributed by atoms with Crippen molar-refractivity contribution < 1.29 is 19.1 Å². The maximum Gasteiger partial charge on any atom is 0.240 e. The summed E-state index contributed by atoms with van der Waals surface area (Å²) in [6.45, 7) is 0. The highest BCUT2D eigenvalue weighted by molar-refractivity contribution is 9.10. The summed E-state index contributed by atoms with van der Waals surface area (Å²) in [7, 11) is 1.55. The van der Waals surface area contributed by atoms with Gasteiger partial charge < -0.3 is 9.64 Å². The molecule has 36 heavy (non-hydrogen) atoms. The fourth-order valence-electron chi connectivity index (χ4n) is 5.72. The Morgan fingerprint density at radius 1 is 0.972 bits per heavy atom. The van der Waals surface area contributed by atoms with Crippen LogP contribution in [0, 0.1) is 11.8 Å². The SMILES string of the molecule is COc1ccc(C(=O)C2C3C(=O)N(c4cccc(Cl)c4)C(=O)C3C3c4ccccc4C=CN23)cc1Br. The molecule has 2 amide bonds. The van der Waals surface area contributed by atoms with Crippen LogP contribution < -0.4 is 9.64 Å². The topological polar surface area (TPSA) is 66.9 Å². The molecule has 0 saturated carbocycles. The number of imide groups is 1. The van der Waals surface area contributed by atoms with E-state index in [4.69, 9.17) is 16.3 Å². The van der Waals surface area contributed by atoms with E-state index < -0.39 is 29.8 Å². The lowest BCUT2D eigenvalue weighted by Crippen LogP contribution is -2.44. The van der Waals surface area contributed by atoms with Crippen LogP contribution in [0.3, 0.4) is 0 Å². The van der Waals surface area contributed by atoms with Gasteiger partial charge in [-0.2, -0.15) is 0 Å². The number of ketones is 1. The predicted molar refractivity (Wildman–Crippen MR) is 140 cm³/mol. The summed E-state index contributed by atoms with van der Waals surface area (Å²) in [5.41, 5.74) is 2.74. The van der Waals surface area contributed by atoms with Gasteiger partial charge in [0, 0.05) is 16.8 Å².